The molecular formula is C18H19N3S2. The first-order valence-corrected chi connectivity index (χ1v) is 9.19. The summed E-state index contributed by atoms with van der Waals surface area (Å²) in [6, 6.07) is 20.9. The second-order valence-corrected chi connectivity index (χ2v) is 6.80. The third-order valence-electron chi connectivity index (χ3n) is 3.60. The van der Waals surface area contributed by atoms with E-state index in [9.17, 15) is 0 Å². The number of aromatic amines is 1. The molecule has 0 bridgehead atoms. The number of nitrogens with one attached hydrogen (secondary N) is 1. The number of thioether (sulfide) groups is 1. The Kier molecular flexibility index (Phi) is 5.66. The first-order chi connectivity index (χ1) is 11.3. The van der Waals surface area contributed by atoms with Crippen molar-refractivity contribution in [3.63, 3.8) is 0 Å². The quantitative estimate of drug-likeness (QED) is 0.509. The lowest BCUT2D eigenvalue weighted by Crippen LogP contribution is -2.06. The number of aromatic nitrogens is 3. The topological polar surface area (TPSA) is 33.6 Å². The molecule has 0 fully saturated rings. The molecule has 0 saturated carbocycles. The summed E-state index contributed by atoms with van der Waals surface area (Å²) in [5, 5.41) is 7.31. The van der Waals surface area contributed by atoms with Gasteiger partial charge in [-0.25, -0.2) is 0 Å². The summed E-state index contributed by atoms with van der Waals surface area (Å²) in [4.78, 5) is 0. The molecule has 1 heterocycles. The van der Waals surface area contributed by atoms with Crippen LogP contribution < -0.4 is 0 Å². The lowest BCUT2D eigenvalue weighted by Gasteiger charge is -2.07. The standard InChI is InChI=1S/C18H19N3S2/c22-18-20-19-17(21(18)13-15-7-3-1-4-8-15)11-12-23-14-16-9-5-2-6-10-16/h1-10H,11-14H2,(H,20,22). The highest BCUT2D eigenvalue weighted by Crippen LogP contribution is 2.14. The smallest absolute Gasteiger partial charge is 0.195 e. The molecule has 0 amide bonds. The zero-order valence-corrected chi connectivity index (χ0v) is 14.4. The lowest BCUT2D eigenvalue weighted by atomic mass is 10.2. The van der Waals surface area contributed by atoms with Gasteiger partial charge in [-0.15, -0.1) is 0 Å². The average Bonchev–Trinajstić information content (AvgIpc) is 2.94. The van der Waals surface area contributed by atoms with Crippen LogP contribution >= 0.6 is 24.0 Å². The van der Waals surface area contributed by atoms with Crippen LogP contribution in [0.15, 0.2) is 60.7 Å². The van der Waals surface area contributed by atoms with Crippen LogP contribution in [0.25, 0.3) is 0 Å². The van der Waals surface area contributed by atoms with E-state index in [0.717, 1.165) is 30.3 Å². The largest absolute Gasteiger partial charge is 0.300 e. The van der Waals surface area contributed by atoms with Crippen molar-refractivity contribution < 1.29 is 0 Å². The van der Waals surface area contributed by atoms with Crippen molar-refractivity contribution in [2.24, 2.45) is 0 Å². The van der Waals surface area contributed by atoms with Crippen molar-refractivity contribution in [2.45, 2.75) is 18.7 Å². The van der Waals surface area contributed by atoms with Crippen LogP contribution in [0, 0.1) is 4.77 Å². The third kappa shape index (κ3) is 4.56. The summed E-state index contributed by atoms with van der Waals surface area (Å²) < 4.78 is 2.78. The van der Waals surface area contributed by atoms with E-state index in [2.05, 4.69) is 69.4 Å². The van der Waals surface area contributed by atoms with Crippen LogP contribution in [0.5, 0.6) is 0 Å². The summed E-state index contributed by atoms with van der Waals surface area (Å²) in [5.41, 5.74) is 2.60. The van der Waals surface area contributed by atoms with Gasteiger partial charge in [-0.2, -0.15) is 16.9 Å². The Balaban J connectivity index is 1.57. The second-order valence-electron chi connectivity index (χ2n) is 5.30. The minimum absolute atomic E-state index is 0.692. The maximum atomic E-state index is 5.37. The van der Waals surface area contributed by atoms with Crippen LogP contribution in [0.3, 0.4) is 0 Å². The predicted molar refractivity (Wildman–Crippen MR) is 99.3 cm³/mol. The van der Waals surface area contributed by atoms with E-state index in [0.29, 0.717) is 4.77 Å². The SMILES string of the molecule is S=c1[nH]nc(CCSCc2ccccc2)n1Cc1ccccc1. The van der Waals surface area contributed by atoms with Gasteiger partial charge in [0.25, 0.3) is 0 Å². The molecule has 118 valence electrons. The Morgan fingerprint density at radius 2 is 1.61 bits per heavy atom. The Labute approximate surface area is 145 Å². The van der Waals surface area contributed by atoms with Gasteiger partial charge in [-0.3, -0.25) is 9.67 Å². The molecule has 1 aromatic heterocycles. The Bertz CT molecular complexity index is 779. The molecule has 0 atom stereocenters. The van der Waals surface area contributed by atoms with E-state index in [1.165, 1.54) is 11.1 Å². The molecule has 3 nitrogen and oxygen atoms in total. The summed E-state index contributed by atoms with van der Waals surface area (Å²) >= 11 is 7.29. The number of aryl methyl sites for hydroxylation is 1. The van der Waals surface area contributed by atoms with Crippen LogP contribution in [-0.2, 0) is 18.7 Å². The molecular weight excluding hydrogens is 322 g/mol. The van der Waals surface area contributed by atoms with Crippen molar-refractivity contribution in [1.82, 2.24) is 14.8 Å². The van der Waals surface area contributed by atoms with Crippen molar-refractivity contribution in [3.05, 3.63) is 82.4 Å². The van der Waals surface area contributed by atoms with Crippen molar-refractivity contribution >= 4 is 24.0 Å². The van der Waals surface area contributed by atoms with E-state index in [1.54, 1.807) is 0 Å². The van der Waals surface area contributed by atoms with Crippen molar-refractivity contribution in [2.75, 3.05) is 5.75 Å². The Morgan fingerprint density at radius 3 is 2.30 bits per heavy atom. The van der Waals surface area contributed by atoms with Gasteiger partial charge >= 0.3 is 0 Å². The molecule has 5 heteroatoms. The second kappa shape index (κ2) is 8.13. The molecule has 3 rings (SSSR count). The highest BCUT2D eigenvalue weighted by Gasteiger charge is 2.06. The zero-order valence-electron chi connectivity index (χ0n) is 12.8. The van der Waals surface area contributed by atoms with Crippen LogP contribution in [0.4, 0.5) is 0 Å². The number of H-pyrrole nitrogens is 1. The number of benzene rings is 2. The number of nitrogens with zero attached hydrogens (tertiary/aromatic N) is 2. The maximum absolute atomic E-state index is 5.37. The fourth-order valence-corrected chi connectivity index (χ4v) is 3.51. The zero-order chi connectivity index (χ0) is 15.9. The first-order valence-electron chi connectivity index (χ1n) is 7.62. The van der Waals surface area contributed by atoms with Crippen LogP contribution in [0.2, 0.25) is 0 Å². The monoisotopic (exact) mass is 341 g/mol. The van der Waals surface area contributed by atoms with E-state index in [4.69, 9.17) is 12.2 Å². The molecule has 0 radical (unpaired) electrons. The highest BCUT2D eigenvalue weighted by atomic mass is 32.2. The van der Waals surface area contributed by atoms with E-state index >= 15 is 0 Å². The van der Waals surface area contributed by atoms with E-state index in [-0.39, 0.29) is 0 Å². The van der Waals surface area contributed by atoms with Crippen LogP contribution in [-0.4, -0.2) is 20.5 Å². The molecule has 23 heavy (non-hydrogen) atoms. The predicted octanol–water partition coefficient (Wildman–Crippen LogP) is 4.46. The molecule has 2 aromatic carbocycles. The molecule has 0 aliphatic carbocycles. The summed E-state index contributed by atoms with van der Waals surface area (Å²) in [5.74, 6) is 3.09. The fourth-order valence-electron chi connectivity index (χ4n) is 2.40. The number of hydrogen-bond acceptors (Lipinski definition) is 3. The highest BCUT2D eigenvalue weighted by molar-refractivity contribution is 7.98. The minimum atomic E-state index is 0.692. The van der Waals surface area contributed by atoms with Gasteiger partial charge in [0.15, 0.2) is 4.77 Å². The first kappa shape index (κ1) is 16.0. The summed E-state index contributed by atoms with van der Waals surface area (Å²) in [7, 11) is 0. The Morgan fingerprint density at radius 1 is 0.957 bits per heavy atom. The van der Waals surface area contributed by atoms with Gasteiger partial charge in [0.1, 0.15) is 5.82 Å². The number of hydrogen-bond donors (Lipinski definition) is 1. The van der Waals surface area contributed by atoms with Gasteiger partial charge in [-0.1, -0.05) is 60.7 Å². The third-order valence-corrected chi connectivity index (χ3v) is 4.94. The van der Waals surface area contributed by atoms with Gasteiger partial charge in [0.2, 0.25) is 0 Å². The normalized spacial score (nSPS) is 10.8. The van der Waals surface area contributed by atoms with E-state index < -0.39 is 0 Å². The number of rotatable bonds is 7. The molecule has 0 spiro atoms. The van der Waals surface area contributed by atoms with Gasteiger partial charge in [0, 0.05) is 17.9 Å². The van der Waals surface area contributed by atoms with Gasteiger partial charge in [0.05, 0.1) is 6.54 Å². The molecule has 0 aliphatic rings. The molecule has 1 N–H and O–H groups in total. The van der Waals surface area contributed by atoms with Crippen molar-refractivity contribution in [3.8, 4) is 0 Å². The fraction of sp³-hybridized carbons (Fsp3) is 0.222. The van der Waals surface area contributed by atoms with Gasteiger partial charge < -0.3 is 0 Å². The summed E-state index contributed by atoms with van der Waals surface area (Å²) in [6.07, 6.45) is 0.914. The Hall–Kier alpha value is -1.85. The van der Waals surface area contributed by atoms with E-state index in [1.807, 2.05) is 17.8 Å². The minimum Gasteiger partial charge on any atom is -0.300 e. The lowest BCUT2D eigenvalue weighted by molar-refractivity contribution is 0.726. The molecule has 0 aliphatic heterocycles. The maximum Gasteiger partial charge on any atom is 0.195 e. The molecule has 0 saturated heterocycles. The van der Waals surface area contributed by atoms with Crippen LogP contribution in [0.1, 0.15) is 17.0 Å². The van der Waals surface area contributed by atoms with Gasteiger partial charge in [-0.05, 0) is 23.3 Å². The average molecular weight is 342 g/mol. The molecule has 3 aromatic rings. The summed E-state index contributed by atoms with van der Waals surface area (Å²) in [6.45, 7) is 0.773. The molecule has 0 unspecified atom stereocenters. The van der Waals surface area contributed by atoms with Crippen molar-refractivity contribution in [1.29, 1.82) is 0 Å².